The molecule has 1 saturated heterocycles. The maximum atomic E-state index is 11.9. The summed E-state index contributed by atoms with van der Waals surface area (Å²) in [7, 11) is 0. The van der Waals surface area contributed by atoms with Gasteiger partial charge in [0.2, 0.25) is 11.8 Å². The highest BCUT2D eigenvalue weighted by Crippen LogP contribution is 2.22. The van der Waals surface area contributed by atoms with Crippen molar-refractivity contribution in [2.24, 2.45) is 0 Å². The van der Waals surface area contributed by atoms with Crippen LogP contribution in [0.4, 0.5) is 0 Å². The molecule has 0 aromatic heterocycles. The minimum atomic E-state index is -0.414. The lowest BCUT2D eigenvalue weighted by Crippen LogP contribution is -2.42. The molecule has 0 unspecified atom stereocenters. The lowest BCUT2D eigenvalue weighted by molar-refractivity contribution is -0.126. The lowest BCUT2D eigenvalue weighted by Gasteiger charge is -2.18. The average molecular weight is 267 g/mol. The number of amides is 2. The highest BCUT2D eigenvalue weighted by atomic mass is 35.5. The highest BCUT2D eigenvalue weighted by molar-refractivity contribution is 6.31. The van der Waals surface area contributed by atoms with Crippen molar-refractivity contribution in [2.75, 3.05) is 0 Å². The monoisotopic (exact) mass is 266 g/mol. The van der Waals surface area contributed by atoms with Crippen LogP contribution in [0.1, 0.15) is 31.4 Å². The van der Waals surface area contributed by atoms with E-state index >= 15 is 0 Å². The van der Waals surface area contributed by atoms with Gasteiger partial charge in [-0.15, -0.1) is 0 Å². The van der Waals surface area contributed by atoms with Gasteiger partial charge in [-0.1, -0.05) is 29.8 Å². The van der Waals surface area contributed by atoms with Crippen LogP contribution in [-0.2, 0) is 9.59 Å². The summed E-state index contributed by atoms with van der Waals surface area (Å²) in [6.07, 6.45) is 0.971. The van der Waals surface area contributed by atoms with Crippen molar-refractivity contribution in [1.29, 1.82) is 0 Å². The maximum Gasteiger partial charge on any atom is 0.243 e. The van der Waals surface area contributed by atoms with E-state index in [2.05, 4.69) is 10.6 Å². The van der Waals surface area contributed by atoms with E-state index in [4.69, 9.17) is 11.6 Å². The van der Waals surface area contributed by atoms with E-state index in [1.165, 1.54) is 0 Å². The number of rotatable bonds is 3. The Kier molecular flexibility index (Phi) is 3.87. The smallest absolute Gasteiger partial charge is 0.243 e. The van der Waals surface area contributed by atoms with Gasteiger partial charge in [-0.25, -0.2) is 0 Å². The zero-order valence-corrected chi connectivity index (χ0v) is 10.8. The molecule has 2 atom stereocenters. The summed E-state index contributed by atoms with van der Waals surface area (Å²) in [5.74, 6) is -0.228. The third-order valence-corrected chi connectivity index (χ3v) is 3.39. The van der Waals surface area contributed by atoms with Gasteiger partial charge in [0, 0.05) is 11.4 Å². The fraction of sp³-hybridized carbons (Fsp3) is 0.385. The molecule has 0 saturated carbocycles. The Hall–Kier alpha value is -1.55. The highest BCUT2D eigenvalue weighted by Gasteiger charge is 2.28. The SMILES string of the molecule is C[C@@H](NC(=O)[C@H]1CCC(=O)N1)c1ccccc1Cl. The molecule has 18 heavy (non-hydrogen) atoms. The molecule has 1 aliphatic rings. The molecule has 1 aromatic rings. The van der Waals surface area contributed by atoms with E-state index in [-0.39, 0.29) is 17.9 Å². The van der Waals surface area contributed by atoms with Crippen LogP contribution in [0, 0.1) is 0 Å². The van der Waals surface area contributed by atoms with Crippen molar-refractivity contribution in [2.45, 2.75) is 31.8 Å². The Bertz CT molecular complexity index is 476. The first-order chi connectivity index (χ1) is 8.58. The molecule has 1 fully saturated rings. The van der Waals surface area contributed by atoms with Crippen LogP contribution in [0.5, 0.6) is 0 Å². The van der Waals surface area contributed by atoms with Crippen LogP contribution in [0.25, 0.3) is 0 Å². The van der Waals surface area contributed by atoms with Crippen molar-refractivity contribution in [3.8, 4) is 0 Å². The summed E-state index contributed by atoms with van der Waals surface area (Å²) in [6, 6.07) is 6.79. The maximum absolute atomic E-state index is 11.9. The molecule has 4 nitrogen and oxygen atoms in total. The molecule has 0 bridgehead atoms. The van der Waals surface area contributed by atoms with Crippen molar-refractivity contribution >= 4 is 23.4 Å². The molecule has 1 aromatic carbocycles. The van der Waals surface area contributed by atoms with Gasteiger partial charge in [0.15, 0.2) is 0 Å². The van der Waals surface area contributed by atoms with E-state index in [0.29, 0.717) is 17.9 Å². The van der Waals surface area contributed by atoms with Gasteiger partial charge >= 0.3 is 0 Å². The number of nitrogens with one attached hydrogen (secondary N) is 2. The standard InChI is InChI=1S/C13H15ClN2O2/c1-8(9-4-2-3-5-10(9)14)15-13(18)11-6-7-12(17)16-11/h2-5,8,11H,6-7H2,1H3,(H,15,18)(H,16,17)/t8-,11-/m1/s1. The zero-order chi connectivity index (χ0) is 13.1. The Balaban J connectivity index is 1.99. The van der Waals surface area contributed by atoms with E-state index in [1.54, 1.807) is 6.07 Å². The van der Waals surface area contributed by atoms with Crippen LogP contribution in [-0.4, -0.2) is 17.9 Å². The topological polar surface area (TPSA) is 58.2 Å². The number of hydrogen-bond acceptors (Lipinski definition) is 2. The van der Waals surface area contributed by atoms with Crippen molar-refractivity contribution in [3.05, 3.63) is 34.9 Å². The number of carbonyl (C=O) groups is 2. The Labute approximate surface area is 111 Å². The predicted molar refractivity (Wildman–Crippen MR) is 69.2 cm³/mol. The van der Waals surface area contributed by atoms with Crippen molar-refractivity contribution in [3.63, 3.8) is 0 Å². The summed E-state index contributed by atoms with van der Waals surface area (Å²) < 4.78 is 0. The first kappa shape index (κ1) is 12.9. The van der Waals surface area contributed by atoms with Gasteiger partial charge < -0.3 is 10.6 Å². The number of carbonyl (C=O) groups excluding carboxylic acids is 2. The molecule has 5 heteroatoms. The number of benzene rings is 1. The van der Waals surface area contributed by atoms with Crippen molar-refractivity contribution in [1.82, 2.24) is 10.6 Å². The van der Waals surface area contributed by atoms with Gasteiger partial charge in [0.25, 0.3) is 0 Å². The van der Waals surface area contributed by atoms with Crippen molar-refractivity contribution < 1.29 is 9.59 Å². The second-order valence-electron chi connectivity index (χ2n) is 4.41. The summed E-state index contributed by atoms with van der Waals surface area (Å²) >= 11 is 6.06. The fourth-order valence-corrected chi connectivity index (χ4v) is 2.33. The van der Waals surface area contributed by atoms with Gasteiger partial charge in [-0.05, 0) is 25.0 Å². The molecule has 0 aliphatic carbocycles. The third kappa shape index (κ3) is 2.82. The molecule has 1 aliphatic heterocycles. The van der Waals surface area contributed by atoms with Gasteiger partial charge in [0.05, 0.1) is 6.04 Å². The first-order valence-corrected chi connectivity index (χ1v) is 6.30. The quantitative estimate of drug-likeness (QED) is 0.876. The van der Waals surface area contributed by atoms with Crippen LogP contribution in [0.3, 0.4) is 0 Å². The minimum absolute atomic E-state index is 0.0689. The summed E-state index contributed by atoms with van der Waals surface area (Å²) in [5.41, 5.74) is 0.872. The largest absolute Gasteiger partial charge is 0.348 e. The van der Waals surface area contributed by atoms with E-state index in [0.717, 1.165) is 5.56 Å². The minimum Gasteiger partial charge on any atom is -0.348 e. The lowest BCUT2D eigenvalue weighted by atomic mass is 10.1. The van der Waals surface area contributed by atoms with Crippen LogP contribution < -0.4 is 10.6 Å². The summed E-state index contributed by atoms with van der Waals surface area (Å²) in [4.78, 5) is 23.0. The Morgan fingerprint density at radius 1 is 1.50 bits per heavy atom. The third-order valence-electron chi connectivity index (χ3n) is 3.04. The van der Waals surface area contributed by atoms with Crippen LogP contribution >= 0.6 is 11.6 Å². The second kappa shape index (κ2) is 5.40. The van der Waals surface area contributed by atoms with E-state index in [9.17, 15) is 9.59 Å². The molecule has 1 heterocycles. The van der Waals surface area contributed by atoms with Crippen LogP contribution in [0.15, 0.2) is 24.3 Å². The molecule has 2 N–H and O–H groups in total. The average Bonchev–Trinajstić information content (AvgIpc) is 2.76. The molecule has 0 radical (unpaired) electrons. The number of halogens is 1. The second-order valence-corrected chi connectivity index (χ2v) is 4.82. The normalized spacial score (nSPS) is 20.3. The van der Waals surface area contributed by atoms with Crippen LogP contribution in [0.2, 0.25) is 5.02 Å². The van der Waals surface area contributed by atoms with Gasteiger partial charge in [0.1, 0.15) is 6.04 Å². The first-order valence-electron chi connectivity index (χ1n) is 5.92. The number of hydrogen-bond donors (Lipinski definition) is 2. The fourth-order valence-electron chi connectivity index (χ4n) is 2.03. The Morgan fingerprint density at radius 2 is 2.22 bits per heavy atom. The predicted octanol–water partition coefficient (Wildman–Crippen LogP) is 1.80. The molecular formula is C13H15ClN2O2. The zero-order valence-electron chi connectivity index (χ0n) is 10.1. The molecular weight excluding hydrogens is 252 g/mol. The summed E-state index contributed by atoms with van der Waals surface area (Å²) in [6.45, 7) is 1.87. The molecule has 2 amide bonds. The molecule has 96 valence electrons. The van der Waals surface area contributed by atoms with E-state index < -0.39 is 6.04 Å². The van der Waals surface area contributed by atoms with E-state index in [1.807, 2.05) is 25.1 Å². The summed E-state index contributed by atoms with van der Waals surface area (Å²) in [5, 5.41) is 6.13. The Morgan fingerprint density at radius 3 is 2.83 bits per heavy atom. The molecule has 0 spiro atoms. The molecule has 2 rings (SSSR count). The van der Waals surface area contributed by atoms with Gasteiger partial charge in [-0.3, -0.25) is 9.59 Å². The van der Waals surface area contributed by atoms with Gasteiger partial charge in [-0.2, -0.15) is 0 Å².